The second kappa shape index (κ2) is 12.1. The summed E-state index contributed by atoms with van der Waals surface area (Å²) >= 11 is 1.75. The van der Waals surface area contributed by atoms with E-state index < -0.39 is 0 Å². The van der Waals surface area contributed by atoms with Gasteiger partial charge >= 0.3 is 0 Å². The number of morpholine rings is 1. The van der Waals surface area contributed by atoms with Gasteiger partial charge in [0.1, 0.15) is 0 Å². The molecule has 2 N–H and O–H groups in total. The van der Waals surface area contributed by atoms with E-state index in [0.717, 1.165) is 45.4 Å². The monoisotopic (exact) mass is 480 g/mol. The van der Waals surface area contributed by atoms with Gasteiger partial charge in [-0.25, -0.2) is 0 Å². The second-order valence-corrected chi connectivity index (χ2v) is 7.35. The third kappa shape index (κ3) is 7.40. The van der Waals surface area contributed by atoms with Gasteiger partial charge in [-0.05, 0) is 49.1 Å². The summed E-state index contributed by atoms with van der Waals surface area (Å²) in [6, 6.07) is 3.09. The second-order valence-electron chi connectivity index (χ2n) is 6.57. The van der Waals surface area contributed by atoms with Crippen LogP contribution in [0.1, 0.15) is 39.2 Å². The van der Waals surface area contributed by atoms with E-state index in [2.05, 4.69) is 60.1 Å². The van der Waals surface area contributed by atoms with Crippen LogP contribution in [0.25, 0.3) is 0 Å². The van der Waals surface area contributed by atoms with E-state index in [0.29, 0.717) is 18.0 Å². The molecule has 0 aromatic carbocycles. The molecule has 0 saturated carbocycles. The number of nitrogens with one attached hydrogen (secondary N) is 2. The lowest BCUT2D eigenvalue weighted by molar-refractivity contribution is -0.0165. The van der Waals surface area contributed by atoms with Gasteiger partial charge < -0.3 is 15.4 Å². The fourth-order valence-electron chi connectivity index (χ4n) is 2.99. The van der Waals surface area contributed by atoms with Crippen LogP contribution in [-0.2, 0) is 4.74 Å². The van der Waals surface area contributed by atoms with Gasteiger partial charge in [-0.1, -0.05) is 6.92 Å². The molecule has 144 valence electrons. The van der Waals surface area contributed by atoms with Crippen LogP contribution in [0.15, 0.2) is 21.8 Å². The van der Waals surface area contributed by atoms with Gasteiger partial charge in [0.15, 0.2) is 5.96 Å². The molecule has 2 rings (SSSR count). The number of nitrogens with zero attached hydrogens (tertiary/aromatic N) is 2. The number of hydrogen-bond donors (Lipinski definition) is 2. The zero-order valence-electron chi connectivity index (χ0n) is 15.8. The third-order valence-electron chi connectivity index (χ3n) is 4.53. The molecule has 5 nitrogen and oxygen atoms in total. The Labute approximate surface area is 173 Å². The highest BCUT2D eigenvalue weighted by Crippen LogP contribution is 2.17. The van der Waals surface area contributed by atoms with E-state index in [9.17, 15) is 0 Å². The molecule has 3 atom stereocenters. The molecule has 2 heterocycles. The van der Waals surface area contributed by atoms with Crippen molar-refractivity contribution in [1.29, 1.82) is 0 Å². The van der Waals surface area contributed by atoms with Crippen molar-refractivity contribution in [3.8, 4) is 0 Å². The normalized spacial score (nSPS) is 21.3. The average molecular weight is 480 g/mol. The molecule has 0 spiro atoms. The first-order valence-corrected chi connectivity index (χ1v) is 9.93. The summed E-state index contributed by atoms with van der Waals surface area (Å²) in [7, 11) is 0. The minimum Gasteiger partial charge on any atom is -0.379 e. The molecule has 0 amide bonds. The molecule has 25 heavy (non-hydrogen) atoms. The van der Waals surface area contributed by atoms with Crippen molar-refractivity contribution in [2.45, 2.75) is 45.7 Å². The number of thiophene rings is 1. The maximum Gasteiger partial charge on any atom is 0.191 e. The van der Waals surface area contributed by atoms with Crippen molar-refractivity contribution in [2.24, 2.45) is 4.99 Å². The lowest BCUT2D eigenvalue weighted by Crippen LogP contribution is -2.49. The van der Waals surface area contributed by atoms with Crippen LogP contribution >= 0.6 is 35.3 Å². The predicted molar refractivity (Wildman–Crippen MR) is 119 cm³/mol. The standard InChI is InChI=1S/C18H32N4OS.HI/c1-5-19-18(20-10-14(2)17-6-9-24-13-17)21-11-15(3)22-7-8-23-12-16(22)4;/h6,9,13-16H,5,7-8,10-12H2,1-4H3,(H2,19,20,21);1H. The fraction of sp³-hybridized carbons (Fsp3) is 0.722. The van der Waals surface area contributed by atoms with E-state index in [1.165, 1.54) is 5.56 Å². The number of rotatable bonds is 7. The number of hydrogen-bond acceptors (Lipinski definition) is 4. The molecule has 0 aliphatic carbocycles. The first-order valence-electron chi connectivity index (χ1n) is 8.99. The Morgan fingerprint density at radius 2 is 2.24 bits per heavy atom. The minimum absolute atomic E-state index is 0. The van der Waals surface area contributed by atoms with Gasteiger partial charge in [0.25, 0.3) is 0 Å². The number of halogens is 1. The van der Waals surface area contributed by atoms with Crippen molar-refractivity contribution in [1.82, 2.24) is 15.5 Å². The Morgan fingerprint density at radius 3 is 2.88 bits per heavy atom. The summed E-state index contributed by atoms with van der Waals surface area (Å²) in [6.45, 7) is 14.0. The highest BCUT2D eigenvalue weighted by molar-refractivity contribution is 14.0. The number of aliphatic imine (C=N–C) groups is 1. The van der Waals surface area contributed by atoms with Crippen molar-refractivity contribution in [2.75, 3.05) is 39.4 Å². The smallest absolute Gasteiger partial charge is 0.191 e. The third-order valence-corrected chi connectivity index (χ3v) is 5.23. The summed E-state index contributed by atoms with van der Waals surface area (Å²) < 4.78 is 5.53. The summed E-state index contributed by atoms with van der Waals surface area (Å²) in [5, 5.41) is 11.2. The van der Waals surface area contributed by atoms with Crippen LogP contribution < -0.4 is 10.6 Å². The minimum atomic E-state index is 0. The summed E-state index contributed by atoms with van der Waals surface area (Å²) in [5.74, 6) is 1.39. The quantitative estimate of drug-likeness (QED) is 0.358. The fourth-order valence-corrected chi connectivity index (χ4v) is 3.77. The predicted octanol–water partition coefficient (Wildman–Crippen LogP) is 3.13. The zero-order chi connectivity index (χ0) is 17.4. The van der Waals surface area contributed by atoms with E-state index in [1.54, 1.807) is 11.3 Å². The van der Waals surface area contributed by atoms with Crippen LogP contribution in [0.2, 0.25) is 0 Å². The van der Waals surface area contributed by atoms with Gasteiger partial charge in [0.2, 0.25) is 0 Å². The van der Waals surface area contributed by atoms with Gasteiger partial charge in [-0.2, -0.15) is 11.3 Å². The van der Waals surface area contributed by atoms with Gasteiger partial charge in [0.05, 0.1) is 19.8 Å². The maximum atomic E-state index is 5.53. The molecule has 1 fully saturated rings. The summed E-state index contributed by atoms with van der Waals surface area (Å²) in [4.78, 5) is 7.28. The summed E-state index contributed by atoms with van der Waals surface area (Å²) in [6.07, 6.45) is 0. The Hall–Kier alpha value is -0.380. The molecule has 1 aliphatic heterocycles. The van der Waals surface area contributed by atoms with Crippen LogP contribution in [0.4, 0.5) is 0 Å². The van der Waals surface area contributed by atoms with E-state index in [1.807, 2.05) is 0 Å². The Kier molecular flexibility index (Phi) is 11.0. The van der Waals surface area contributed by atoms with Gasteiger partial charge in [-0.15, -0.1) is 24.0 Å². The molecule has 0 bridgehead atoms. The van der Waals surface area contributed by atoms with E-state index >= 15 is 0 Å². The molecule has 1 aromatic heterocycles. The molecule has 1 saturated heterocycles. The van der Waals surface area contributed by atoms with Gasteiger partial charge in [-0.3, -0.25) is 9.89 Å². The van der Waals surface area contributed by atoms with Crippen molar-refractivity contribution < 1.29 is 4.74 Å². The van der Waals surface area contributed by atoms with Crippen molar-refractivity contribution in [3.63, 3.8) is 0 Å². The topological polar surface area (TPSA) is 48.9 Å². The van der Waals surface area contributed by atoms with Crippen LogP contribution in [0.3, 0.4) is 0 Å². The Balaban J connectivity index is 0.00000312. The lowest BCUT2D eigenvalue weighted by Gasteiger charge is -2.37. The van der Waals surface area contributed by atoms with Crippen LogP contribution in [-0.4, -0.2) is 62.3 Å². The number of ether oxygens (including phenoxy) is 1. The largest absolute Gasteiger partial charge is 0.379 e. The van der Waals surface area contributed by atoms with Gasteiger partial charge in [0, 0.05) is 31.7 Å². The zero-order valence-corrected chi connectivity index (χ0v) is 19.0. The molecular formula is C18H33IN4OS. The van der Waals surface area contributed by atoms with Crippen LogP contribution in [0, 0.1) is 0 Å². The highest BCUT2D eigenvalue weighted by atomic mass is 127. The molecule has 0 radical (unpaired) electrons. The average Bonchev–Trinajstić information content (AvgIpc) is 3.12. The maximum absolute atomic E-state index is 5.53. The van der Waals surface area contributed by atoms with Crippen molar-refractivity contribution in [3.05, 3.63) is 22.4 Å². The Bertz CT molecular complexity index is 497. The van der Waals surface area contributed by atoms with Crippen LogP contribution in [0.5, 0.6) is 0 Å². The van der Waals surface area contributed by atoms with Crippen molar-refractivity contribution >= 4 is 41.3 Å². The highest BCUT2D eigenvalue weighted by Gasteiger charge is 2.23. The van der Waals surface area contributed by atoms with E-state index in [4.69, 9.17) is 9.73 Å². The van der Waals surface area contributed by atoms with E-state index in [-0.39, 0.29) is 24.0 Å². The first-order chi connectivity index (χ1) is 11.6. The summed E-state index contributed by atoms with van der Waals surface area (Å²) in [5.41, 5.74) is 1.39. The molecule has 3 unspecified atom stereocenters. The molecule has 1 aromatic rings. The molecular weight excluding hydrogens is 447 g/mol. The Morgan fingerprint density at radius 1 is 1.44 bits per heavy atom. The first kappa shape index (κ1) is 22.7. The number of guanidine groups is 1. The molecule has 7 heteroatoms. The lowest BCUT2D eigenvalue weighted by atomic mass is 10.1. The SMILES string of the molecule is CCNC(=NCC(C)N1CCOCC1C)NCC(C)c1ccsc1.I. The molecule has 1 aliphatic rings.